The first-order valence-corrected chi connectivity index (χ1v) is 9.54. The van der Waals surface area contributed by atoms with Gasteiger partial charge in [-0.05, 0) is 24.6 Å². The zero-order valence-corrected chi connectivity index (χ0v) is 15.4. The molecule has 2 rings (SSSR count). The van der Waals surface area contributed by atoms with Crippen molar-refractivity contribution in [3.05, 3.63) is 65.7 Å². The van der Waals surface area contributed by atoms with Gasteiger partial charge >= 0.3 is 0 Å². The summed E-state index contributed by atoms with van der Waals surface area (Å²) in [5, 5.41) is 0. The summed E-state index contributed by atoms with van der Waals surface area (Å²) in [6.07, 6.45) is 0. The molecule has 1 unspecified atom stereocenters. The van der Waals surface area contributed by atoms with Crippen LogP contribution >= 0.6 is 0 Å². The van der Waals surface area contributed by atoms with E-state index in [-0.39, 0.29) is 24.2 Å². The molecule has 0 aliphatic rings. The van der Waals surface area contributed by atoms with Crippen molar-refractivity contribution in [1.82, 2.24) is 0 Å². The first-order valence-electron chi connectivity index (χ1n) is 8.13. The Morgan fingerprint density at radius 3 is 2.28 bits per heavy atom. The maximum Gasteiger partial charge on any atom is 0.296 e. The molecule has 2 aromatic rings. The lowest BCUT2D eigenvalue weighted by Gasteiger charge is -2.13. The minimum absolute atomic E-state index is 0.0644. The number of rotatable bonds is 10. The van der Waals surface area contributed by atoms with E-state index in [2.05, 4.69) is 0 Å². The van der Waals surface area contributed by atoms with E-state index in [9.17, 15) is 8.42 Å². The van der Waals surface area contributed by atoms with Crippen LogP contribution in [0.2, 0.25) is 0 Å². The zero-order chi connectivity index (χ0) is 18.1. The van der Waals surface area contributed by atoms with Gasteiger partial charge in [-0.2, -0.15) is 8.42 Å². The minimum Gasteiger partial charge on any atom is -0.355 e. The van der Waals surface area contributed by atoms with E-state index in [1.54, 1.807) is 24.3 Å². The SMILES string of the molecule is Cc1ccc(S(=O)(=O)OCC(C)COCOCc2ccccc2)cc1. The highest BCUT2D eigenvalue weighted by Crippen LogP contribution is 2.14. The molecule has 0 heterocycles. The molecule has 136 valence electrons. The summed E-state index contributed by atoms with van der Waals surface area (Å²) in [6, 6.07) is 16.4. The average molecular weight is 364 g/mol. The molecule has 0 spiro atoms. The first-order chi connectivity index (χ1) is 12.0. The van der Waals surface area contributed by atoms with Crippen LogP contribution < -0.4 is 0 Å². The Morgan fingerprint density at radius 1 is 0.920 bits per heavy atom. The molecule has 0 aliphatic heterocycles. The minimum atomic E-state index is -3.73. The summed E-state index contributed by atoms with van der Waals surface area (Å²) in [6.45, 7) is 4.82. The topological polar surface area (TPSA) is 61.8 Å². The Kier molecular flexibility index (Phi) is 7.58. The second-order valence-corrected chi connectivity index (χ2v) is 7.59. The molecule has 0 bridgehead atoms. The Labute approximate surface area is 149 Å². The van der Waals surface area contributed by atoms with Gasteiger partial charge in [0.25, 0.3) is 10.1 Å². The molecule has 0 saturated heterocycles. The molecule has 5 nitrogen and oxygen atoms in total. The van der Waals surface area contributed by atoms with E-state index in [0.29, 0.717) is 13.2 Å². The predicted octanol–water partition coefficient (Wildman–Crippen LogP) is 3.53. The average Bonchev–Trinajstić information content (AvgIpc) is 2.61. The van der Waals surface area contributed by atoms with Crippen molar-refractivity contribution in [3.8, 4) is 0 Å². The molecule has 0 radical (unpaired) electrons. The molecule has 0 amide bonds. The molecule has 25 heavy (non-hydrogen) atoms. The van der Waals surface area contributed by atoms with Crippen molar-refractivity contribution in [2.24, 2.45) is 5.92 Å². The molecular weight excluding hydrogens is 340 g/mol. The summed E-state index contributed by atoms with van der Waals surface area (Å²) in [5.74, 6) is -0.0689. The van der Waals surface area contributed by atoms with Gasteiger partial charge in [0.1, 0.15) is 6.79 Å². The highest BCUT2D eigenvalue weighted by molar-refractivity contribution is 7.86. The monoisotopic (exact) mass is 364 g/mol. The lowest BCUT2D eigenvalue weighted by molar-refractivity contribution is -0.0728. The molecule has 0 N–H and O–H groups in total. The van der Waals surface area contributed by atoms with Crippen molar-refractivity contribution in [1.29, 1.82) is 0 Å². The maximum atomic E-state index is 12.1. The Balaban J connectivity index is 1.65. The van der Waals surface area contributed by atoms with Crippen LogP contribution in [0.15, 0.2) is 59.5 Å². The molecule has 1 atom stereocenters. The number of ether oxygens (including phenoxy) is 2. The Bertz CT molecular complexity index is 726. The Morgan fingerprint density at radius 2 is 1.60 bits per heavy atom. The van der Waals surface area contributed by atoms with E-state index in [0.717, 1.165) is 11.1 Å². The molecule has 0 aliphatic carbocycles. The van der Waals surface area contributed by atoms with E-state index in [1.165, 1.54) is 0 Å². The number of benzene rings is 2. The van der Waals surface area contributed by atoms with Crippen molar-refractivity contribution in [2.45, 2.75) is 25.3 Å². The van der Waals surface area contributed by atoms with Crippen LogP contribution in [0.5, 0.6) is 0 Å². The number of hydrogen-bond donors (Lipinski definition) is 0. The maximum absolute atomic E-state index is 12.1. The standard InChI is InChI=1S/C19H24O5S/c1-16-8-10-19(11-9-16)25(20,21)24-13-17(2)12-22-15-23-14-18-6-4-3-5-7-18/h3-11,17H,12-15H2,1-2H3. The molecule has 2 aromatic carbocycles. The second kappa shape index (κ2) is 9.68. The molecule has 0 fully saturated rings. The summed E-state index contributed by atoms with van der Waals surface area (Å²) < 4.78 is 40.1. The summed E-state index contributed by atoms with van der Waals surface area (Å²) in [5.41, 5.74) is 2.07. The molecule has 6 heteroatoms. The van der Waals surface area contributed by atoms with Gasteiger partial charge in [-0.3, -0.25) is 4.18 Å². The van der Waals surface area contributed by atoms with Gasteiger partial charge in [0.15, 0.2) is 0 Å². The number of aryl methyl sites for hydroxylation is 1. The fourth-order valence-corrected chi connectivity index (χ4v) is 3.09. The van der Waals surface area contributed by atoms with E-state index < -0.39 is 10.1 Å². The third-order valence-electron chi connectivity index (χ3n) is 3.50. The molecular formula is C19H24O5S. The molecule has 0 saturated carbocycles. The summed E-state index contributed by atoms with van der Waals surface area (Å²) in [7, 11) is -3.73. The van der Waals surface area contributed by atoms with E-state index in [1.807, 2.05) is 44.2 Å². The zero-order valence-electron chi connectivity index (χ0n) is 14.6. The van der Waals surface area contributed by atoms with Crippen LogP contribution in [0.4, 0.5) is 0 Å². The van der Waals surface area contributed by atoms with Crippen molar-refractivity contribution in [2.75, 3.05) is 20.0 Å². The van der Waals surface area contributed by atoms with Crippen molar-refractivity contribution >= 4 is 10.1 Å². The van der Waals surface area contributed by atoms with Gasteiger partial charge < -0.3 is 9.47 Å². The predicted molar refractivity (Wildman–Crippen MR) is 95.5 cm³/mol. The lowest BCUT2D eigenvalue weighted by Crippen LogP contribution is -2.17. The van der Waals surface area contributed by atoms with Crippen molar-refractivity contribution < 1.29 is 22.1 Å². The van der Waals surface area contributed by atoms with Gasteiger partial charge in [-0.25, -0.2) is 0 Å². The van der Waals surface area contributed by atoms with E-state index >= 15 is 0 Å². The third kappa shape index (κ3) is 6.96. The summed E-state index contributed by atoms with van der Waals surface area (Å²) >= 11 is 0. The third-order valence-corrected chi connectivity index (χ3v) is 4.79. The second-order valence-electron chi connectivity index (χ2n) is 5.98. The normalized spacial score (nSPS) is 12.9. The van der Waals surface area contributed by atoms with Gasteiger partial charge in [0, 0.05) is 5.92 Å². The fourth-order valence-electron chi connectivity index (χ4n) is 2.07. The fraction of sp³-hybridized carbons (Fsp3) is 0.368. The van der Waals surface area contributed by atoms with Gasteiger partial charge in [0.05, 0.1) is 24.7 Å². The lowest BCUT2D eigenvalue weighted by atomic mass is 10.2. The van der Waals surface area contributed by atoms with Crippen LogP contribution in [-0.2, 0) is 30.4 Å². The highest BCUT2D eigenvalue weighted by Gasteiger charge is 2.16. The van der Waals surface area contributed by atoms with Crippen LogP contribution in [0.3, 0.4) is 0 Å². The van der Waals surface area contributed by atoms with Crippen LogP contribution in [0.1, 0.15) is 18.1 Å². The van der Waals surface area contributed by atoms with Gasteiger partial charge in [-0.15, -0.1) is 0 Å². The molecule has 0 aromatic heterocycles. The van der Waals surface area contributed by atoms with Crippen LogP contribution in [-0.4, -0.2) is 28.4 Å². The van der Waals surface area contributed by atoms with Crippen LogP contribution in [0.25, 0.3) is 0 Å². The smallest absolute Gasteiger partial charge is 0.296 e. The highest BCUT2D eigenvalue weighted by atomic mass is 32.2. The summed E-state index contributed by atoms with van der Waals surface area (Å²) in [4.78, 5) is 0.164. The van der Waals surface area contributed by atoms with Gasteiger partial charge in [0.2, 0.25) is 0 Å². The quantitative estimate of drug-likeness (QED) is 0.367. The van der Waals surface area contributed by atoms with Crippen LogP contribution in [0, 0.1) is 12.8 Å². The largest absolute Gasteiger partial charge is 0.355 e. The van der Waals surface area contributed by atoms with Crippen molar-refractivity contribution in [3.63, 3.8) is 0 Å². The van der Waals surface area contributed by atoms with Gasteiger partial charge in [-0.1, -0.05) is 55.0 Å². The first kappa shape index (κ1) is 19.6. The Hall–Kier alpha value is -1.73. The number of hydrogen-bond acceptors (Lipinski definition) is 5. The van der Waals surface area contributed by atoms with E-state index in [4.69, 9.17) is 13.7 Å².